The van der Waals surface area contributed by atoms with E-state index in [9.17, 15) is 9.50 Å². The Morgan fingerprint density at radius 1 is 1.41 bits per heavy atom. The van der Waals surface area contributed by atoms with E-state index in [2.05, 4.69) is 0 Å². The Kier molecular flexibility index (Phi) is 5.11. The maximum absolute atomic E-state index is 12.9. The third-order valence-corrected chi connectivity index (χ3v) is 2.47. The first-order chi connectivity index (χ1) is 8.91. The first-order valence-corrected chi connectivity index (χ1v) is 5.81. The number of hydrogen-bond donors (Lipinski definition) is 2. The molecular weight excluding hydrogens is 245 g/mol. The summed E-state index contributed by atoms with van der Waals surface area (Å²) in [5.41, 5.74) is 0.254. The number of nitrogens with zero attached hydrogens (tertiary/aromatic N) is 1. The number of rotatable bonds is 7. The SMILES string of the molecule is [2H]C([2H])(c1ccc(F)cc1)N(CCO)CC(O)CCl. The molecule has 0 aliphatic heterocycles. The average molecular weight is 264 g/mol. The molecule has 0 amide bonds. The van der Waals surface area contributed by atoms with Gasteiger partial charge in [-0.05, 0) is 17.7 Å². The normalized spacial score (nSPS) is 15.6. The van der Waals surface area contributed by atoms with E-state index in [4.69, 9.17) is 19.4 Å². The van der Waals surface area contributed by atoms with E-state index in [-0.39, 0.29) is 31.1 Å². The largest absolute Gasteiger partial charge is 0.395 e. The van der Waals surface area contributed by atoms with Crippen molar-refractivity contribution in [3.05, 3.63) is 35.6 Å². The first kappa shape index (κ1) is 11.4. The minimum atomic E-state index is -1.93. The lowest BCUT2D eigenvalue weighted by atomic mass is 10.2. The van der Waals surface area contributed by atoms with Crippen molar-refractivity contribution in [1.82, 2.24) is 4.90 Å². The molecule has 1 aromatic rings. The van der Waals surface area contributed by atoms with Crippen molar-refractivity contribution in [3.63, 3.8) is 0 Å². The Morgan fingerprint density at radius 3 is 2.59 bits per heavy atom. The highest BCUT2D eigenvalue weighted by molar-refractivity contribution is 6.18. The second kappa shape index (κ2) is 7.61. The molecule has 0 fully saturated rings. The van der Waals surface area contributed by atoms with Crippen LogP contribution in [0.25, 0.3) is 0 Å². The van der Waals surface area contributed by atoms with Gasteiger partial charge in [0.15, 0.2) is 0 Å². The van der Waals surface area contributed by atoms with Crippen molar-refractivity contribution in [2.24, 2.45) is 0 Å². The van der Waals surface area contributed by atoms with E-state index < -0.39 is 18.4 Å². The molecule has 5 heteroatoms. The summed E-state index contributed by atoms with van der Waals surface area (Å²) in [5.74, 6) is -0.476. The van der Waals surface area contributed by atoms with Crippen LogP contribution in [-0.2, 0) is 6.50 Å². The molecule has 1 rings (SSSR count). The molecule has 2 N–H and O–H groups in total. The lowest BCUT2D eigenvalue weighted by Gasteiger charge is -2.23. The summed E-state index contributed by atoms with van der Waals surface area (Å²) in [6.45, 7) is -2.16. The number of alkyl halides is 1. The van der Waals surface area contributed by atoms with Crippen LogP contribution in [-0.4, -0.2) is 46.8 Å². The van der Waals surface area contributed by atoms with Crippen LogP contribution in [0.2, 0.25) is 0 Å². The van der Waals surface area contributed by atoms with Gasteiger partial charge in [0, 0.05) is 28.2 Å². The van der Waals surface area contributed by atoms with Gasteiger partial charge in [0.05, 0.1) is 12.7 Å². The summed E-state index contributed by atoms with van der Waals surface area (Å²) in [7, 11) is 0. The van der Waals surface area contributed by atoms with Crippen LogP contribution in [0.1, 0.15) is 8.30 Å². The molecule has 96 valence electrons. The van der Waals surface area contributed by atoms with Gasteiger partial charge >= 0.3 is 0 Å². The van der Waals surface area contributed by atoms with Crippen molar-refractivity contribution in [1.29, 1.82) is 0 Å². The summed E-state index contributed by atoms with van der Waals surface area (Å²) in [5, 5.41) is 18.5. The molecule has 0 spiro atoms. The quantitative estimate of drug-likeness (QED) is 0.727. The molecule has 0 aromatic heterocycles. The summed E-state index contributed by atoms with van der Waals surface area (Å²) in [6, 6.07) is 5.02. The van der Waals surface area contributed by atoms with E-state index in [1.807, 2.05) is 0 Å². The zero-order valence-electron chi connectivity index (χ0n) is 11.3. The molecule has 0 saturated carbocycles. The Morgan fingerprint density at radius 2 is 2.06 bits per heavy atom. The third-order valence-electron chi connectivity index (χ3n) is 2.11. The van der Waals surface area contributed by atoms with Gasteiger partial charge in [-0.15, -0.1) is 11.6 Å². The Balaban J connectivity index is 2.94. The van der Waals surface area contributed by atoms with Crippen molar-refractivity contribution in [2.75, 3.05) is 25.6 Å². The number of hydrogen-bond acceptors (Lipinski definition) is 3. The number of aliphatic hydroxyl groups is 2. The van der Waals surface area contributed by atoms with E-state index in [0.29, 0.717) is 0 Å². The molecule has 0 saturated heterocycles. The molecule has 1 aromatic carbocycles. The van der Waals surface area contributed by atoms with Crippen LogP contribution in [0.15, 0.2) is 24.3 Å². The standard InChI is InChI=1S/C12H17ClFNO2/c13-7-12(17)9-15(5-6-16)8-10-1-3-11(14)4-2-10/h1-4,12,16-17H,5-9H2/i8D2. The monoisotopic (exact) mass is 263 g/mol. The summed E-state index contributed by atoms with van der Waals surface area (Å²) < 4.78 is 29.0. The van der Waals surface area contributed by atoms with Gasteiger partial charge in [-0.1, -0.05) is 12.1 Å². The van der Waals surface area contributed by atoms with Gasteiger partial charge in [0.1, 0.15) is 5.82 Å². The van der Waals surface area contributed by atoms with Gasteiger partial charge < -0.3 is 10.2 Å². The third kappa shape index (κ3) is 5.46. The molecule has 1 atom stereocenters. The van der Waals surface area contributed by atoms with E-state index in [0.717, 1.165) is 0 Å². The predicted molar refractivity (Wildman–Crippen MR) is 65.5 cm³/mol. The Bertz CT molecular complexity index is 392. The number of aliphatic hydroxyl groups excluding tert-OH is 2. The van der Waals surface area contributed by atoms with Gasteiger partial charge in [0.2, 0.25) is 0 Å². The maximum Gasteiger partial charge on any atom is 0.123 e. The fraction of sp³-hybridized carbons (Fsp3) is 0.500. The van der Waals surface area contributed by atoms with Gasteiger partial charge in [0.25, 0.3) is 0 Å². The second-order valence-electron chi connectivity index (χ2n) is 3.60. The van der Waals surface area contributed by atoms with Gasteiger partial charge in [-0.3, -0.25) is 4.90 Å². The predicted octanol–water partition coefficient (Wildman–Crippen LogP) is 1.22. The molecule has 0 radical (unpaired) electrons. The summed E-state index contributed by atoms with van der Waals surface area (Å²) in [4.78, 5) is 1.27. The highest BCUT2D eigenvalue weighted by atomic mass is 35.5. The van der Waals surface area contributed by atoms with Crippen LogP contribution < -0.4 is 0 Å². The van der Waals surface area contributed by atoms with Crippen molar-refractivity contribution >= 4 is 11.6 Å². The molecule has 0 bridgehead atoms. The first-order valence-electron chi connectivity index (χ1n) is 6.27. The zero-order valence-corrected chi connectivity index (χ0v) is 10.1. The van der Waals surface area contributed by atoms with Crippen LogP contribution in [0.4, 0.5) is 4.39 Å². The Hall–Kier alpha value is -0.680. The zero-order chi connectivity index (χ0) is 14.5. The minimum absolute atomic E-state index is 0.0194. The molecule has 1 unspecified atom stereocenters. The topological polar surface area (TPSA) is 43.7 Å². The van der Waals surface area contributed by atoms with E-state index in [1.54, 1.807) is 0 Å². The molecule has 3 nitrogen and oxygen atoms in total. The fourth-order valence-electron chi connectivity index (χ4n) is 1.32. The molecule has 17 heavy (non-hydrogen) atoms. The molecule has 0 aliphatic carbocycles. The highest BCUT2D eigenvalue weighted by Gasteiger charge is 2.11. The number of benzene rings is 1. The second-order valence-corrected chi connectivity index (χ2v) is 3.91. The molecule has 0 heterocycles. The van der Waals surface area contributed by atoms with Crippen molar-refractivity contribution < 1.29 is 17.3 Å². The van der Waals surface area contributed by atoms with E-state index >= 15 is 0 Å². The van der Waals surface area contributed by atoms with Crippen LogP contribution in [0, 0.1) is 5.82 Å². The Labute approximate surface area is 108 Å². The molecular formula is C12H17ClFNO2. The van der Waals surface area contributed by atoms with Crippen LogP contribution >= 0.6 is 11.6 Å². The fourth-order valence-corrected chi connectivity index (χ4v) is 1.42. The summed E-state index contributed by atoms with van der Waals surface area (Å²) in [6.07, 6.45) is -0.899. The van der Waals surface area contributed by atoms with Crippen molar-refractivity contribution in [3.8, 4) is 0 Å². The minimum Gasteiger partial charge on any atom is -0.395 e. The smallest absolute Gasteiger partial charge is 0.123 e. The van der Waals surface area contributed by atoms with Crippen LogP contribution in [0.3, 0.4) is 0 Å². The lowest BCUT2D eigenvalue weighted by molar-refractivity contribution is 0.109. The number of halogens is 2. The highest BCUT2D eigenvalue weighted by Crippen LogP contribution is 2.07. The molecule has 0 aliphatic rings. The lowest BCUT2D eigenvalue weighted by Crippen LogP contribution is -2.35. The summed E-state index contributed by atoms with van der Waals surface area (Å²) >= 11 is 5.50. The average Bonchev–Trinajstić information content (AvgIpc) is 2.38. The van der Waals surface area contributed by atoms with Gasteiger partial charge in [-0.25, -0.2) is 4.39 Å². The van der Waals surface area contributed by atoms with Crippen molar-refractivity contribution in [2.45, 2.75) is 12.6 Å². The maximum atomic E-state index is 12.9. The van der Waals surface area contributed by atoms with Gasteiger partial charge in [-0.2, -0.15) is 0 Å². The van der Waals surface area contributed by atoms with Crippen LogP contribution in [0.5, 0.6) is 0 Å². The van der Waals surface area contributed by atoms with E-state index in [1.165, 1.54) is 29.2 Å².